The minimum atomic E-state index is -0.559. The third-order valence-electron chi connectivity index (χ3n) is 1.77. The standard InChI is InChI=1S/C12H21NO3/c1-6-7-9(2)10(8-14)13-11(15)16-12(3,4)5/h6,10,14H,1-2,7-8H2,3-5H3,(H,13,15)/t10-/m0/s1. The van der Waals surface area contributed by atoms with Gasteiger partial charge < -0.3 is 15.2 Å². The molecule has 1 atom stereocenters. The van der Waals surface area contributed by atoms with Crippen molar-refractivity contribution in [3.05, 3.63) is 24.8 Å². The van der Waals surface area contributed by atoms with Crippen LogP contribution in [0.25, 0.3) is 0 Å². The zero-order valence-electron chi connectivity index (χ0n) is 10.2. The summed E-state index contributed by atoms with van der Waals surface area (Å²) in [7, 11) is 0. The van der Waals surface area contributed by atoms with Gasteiger partial charge in [-0.1, -0.05) is 12.7 Å². The van der Waals surface area contributed by atoms with E-state index in [-0.39, 0.29) is 6.61 Å². The van der Waals surface area contributed by atoms with E-state index >= 15 is 0 Å². The van der Waals surface area contributed by atoms with E-state index in [2.05, 4.69) is 18.5 Å². The highest BCUT2D eigenvalue weighted by molar-refractivity contribution is 5.68. The molecular formula is C12H21NO3. The van der Waals surface area contributed by atoms with Crippen LogP contribution in [-0.4, -0.2) is 29.4 Å². The minimum Gasteiger partial charge on any atom is -0.444 e. The quantitative estimate of drug-likeness (QED) is 0.706. The fourth-order valence-corrected chi connectivity index (χ4v) is 1.05. The first-order valence-corrected chi connectivity index (χ1v) is 5.19. The number of ether oxygens (including phenoxy) is 1. The average molecular weight is 227 g/mol. The predicted molar refractivity (Wildman–Crippen MR) is 64.2 cm³/mol. The molecule has 0 aliphatic rings. The normalized spacial score (nSPS) is 12.8. The lowest BCUT2D eigenvalue weighted by Gasteiger charge is -2.23. The number of amides is 1. The Bertz CT molecular complexity index is 266. The van der Waals surface area contributed by atoms with Crippen LogP contribution in [0.4, 0.5) is 4.79 Å². The minimum absolute atomic E-state index is 0.202. The summed E-state index contributed by atoms with van der Waals surface area (Å²) in [5.41, 5.74) is 0.146. The third-order valence-corrected chi connectivity index (χ3v) is 1.77. The molecule has 0 aliphatic carbocycles. The molecule has 4 nitrogen and oxygen atoms in total. The van der Waals surface area contributed by atoms with Crippen LogP contribution in [0.1, 0.15) is 27.2 Å². The first-order valence-electron chi connectivity index (χ1n) is 5.19. The Kier molecular flexibility index (Phi) is 5.82. The van der Waals surface area contributed by atoms with Crippen LogP contribution < -0.4 is 5.32 Å². The van der Waals surface area contributed by atoms with Crippen LogP contribution in [0.2, 0.25) is 0 Å². The van der Waals surface area contributed by atoms with Crippen LogP contribution in [0, 0.1) is 0 Å². The smallest absolute Gasteiger partial charge is 0.408 e. The number of carbonyl (C=O) groups is 1. The molecule has 0 radical (unpaired) electrons. The predicted octanol–water partition coefficient (Wildman–Crippen LogP) is 2.00. The highest BCUT2D eigenvalue weighted by Gasteiger charge is 2.19. The summed E-state index contributed by atoms with van der Waals surface area (Å²) in [5.74, 6) is 0. The van der Waals surface area contributed by atoms with Gasteiger partial charge in [-0.2, -0.15) is 0 Å². The van der Waals surface area contributed by atoms with Crippen molar-refractivity contribution in [1.29, 1.82) is 0 Å². The van der Waals surface area contributed by atoms with E-state index in [0.29, 0.717) is 12.0 Å². The maximum absolute atomic E-state index is 11.4. The van der Waals surface area contributed by atoms with Crippen molar-refractivity contribution in [1.82, 2.24) is 5.32 Å². The fraction of sp³-hybridized carbons (Fsp3) is 0.583. The molecular weight excluding hydrogens is 206 g/mol. The van der Waals surface area contributed by atoms with Gasteiger partial charge in [0.25, 0.3) is 0 Å². The SMILES string of the molecule is C=CCC(=C)[C@H](CO)NC(=O)OC(C)(C)C. The second-order valence-electron chi connectivity index (χ2n) is 4.53. The van der Waals surface area contributed by atoms with Gasteiger partial charge in [-0.05, 0) is 32.8 Å². The number of hydrogen-bond donors (Lipinski definition) is 2. The summed E-state index contributed by atoms with van der Waals surface area (Å²) in [5, 5.41) is 11.7. The van der Waals surface area contributed by atoms with E-state index in [9.17, 15) is 4.79 Å². The van der Waals surface area contributed by atoms with Crippen molar-refractivity contribution in [2.75, 3.05) is 6.61 Å². The van der Waals surface area contributed by atoms with Crippen LogP contribution in [0.5, 0.6) is 0 Å². The number of aliphatic hydroxyl groups is 1. The van der Waals surface area contributed by atoms with Gasteiger partial charge in [0.05, 0.1) is 12.6 Å². The first kappa shape index (κ1) is 14.7. The van der Waals surface area contributed by atoms with Crippen molar-refractivity contribution in [3.8, 4) is 0 Å². The van der Waals surface area contributed by atoms with Crippen LogP contribution in [0.3, 0.4) is 0 Å². The zero-order chi connectivity index (χ0) is 12.8. The molecule has 0 heterocycles. The summed E-state index contributed by atoms with van der Waals surface area (Å²) in [6, 6.07) is -0.493. The summed E-state index contributed by atoms with van der Waals surface area (Å²) >= 11 is 0. The molecule has 16 heavy (non-hydrogen) atoms. The zero-order valence-corrected chi connectivity index (χ0v) is 10.2. The van der Waals surface area contributed by atoms with Crippen molar-refractivity contribution in [2.24, 2.45) is 0 Å². The molecule has 0 saturated heterocycles. The van der Waals surface area contributed by atoms with E-state index in [4.69, 9.17) is 9.84 Å². The van der Waals surface area contributed by atoms with E-state index in [1.54, 1.807) is 26.8 Å². The van der Waals surface area contributed by atoms with Crippen molar-refractivity contribution in [2.45, 2.75) is 38.8 Å². The number of carbonyl (C=O) groups excluding carboxylic acids is 1. The van der Waals surface area contributed by atoms with Crippen molar-refractivity contribution < 1.29 is 14.6 Å². The first-order chi connectivity index (χ1) is 7.30. The van der Waals surface area contributed by atoms with Crippen molar-refractivity contribution >= 4 is 6.09 Å². The Labute approximate surface area is 97.0 Å². The molecule has 0 fully saturated rings. The number of alkyl carbamates (subject to hydrolysis) is 1. The molecule has 0 rings (SSSR count). The number of hydrogen-bond acceptors (Lipinski definition) is 3. The molecule has 1 amide bonds. The van der Waals surface area contributed by atoms with Gasteiger partial charge in [-0.3, -0.25) is 0 Å². The fourth-order valence-electron chi connectivity index (χ4n) is 1.05. The maximum atomic E-state index is 11.4. The Morgan fingerprint density at radius 2 is 2.12 bits per heavy atom. The molecule has 0 saturated carbocycles. The van der Waals surface area contributed by atoms with Gasteiger partial charge >= 0.3 is 6.09 Å². The summed E-state index contributed by atoms with van der Waals surface area (Å²) in [6.45, 7) is 12.5. The number of nitrogens with one attached hydrogen (secondary N) is 1. The molecule has 0 bridgehead atoms. The Balaban J connectivity index is 4.27. The molecule has 4 heteroatoms. The number of rotatable bonds is 5. The van der Waals surface area contributed by atoms with Crippen LogP contribution >= 0.6 is 0 Å². The molecule has 0 aromatic rings. The Hall–Kier alpha value is -1.29. The summed E-state index contributed by atoms with van der Waals surface area (Å²) in [4.78, 5) is 11.4. The third kappa shape index (κ3) is 6.24. The molecule has 0 aromatic heterocycles. The van der Waals surface area contributed by atoms with Crippen molar-refractivity contribution in [3.63, 3.8) is 0 Å². The van der Waals surface area contributed by atoms with E-state index in [1.807, 2.05) is 0 Å². The van der Waals surface area contributed by atoms with Gasteiger partial charge in [0, 0.05) is 0 Å². The maximum Gasteiger partial charge on any atom is 0.408 e. The summed E-state index contributed by atoms with van der Waals surface area (Å²) < 4.78 is 5.07. The molecule has 0 unspecified atom stereocenters. The Morgan fingerprint density at radius 1 is 1.56 bits per heavy atom. The topological polar surface area (TPSA) is 58.6 Å². The monoisotopic (exact) mass is 227 g/mol. The second kappa shape index (κ2) is 6.33. The molecule has 2 N–H and O–H groups in total. The second-order valence-corrected chi connectivity index (χ2v) is 4.53. The molecule has 0 spiro atoms. The summed E-state index contributed by atoms with van der Waals surface area (Å²) in [6.07, 6.45) is 1.65. The number of aliphatic hydroxyl groups excluding tert-OH is 1. The lowest BCUT2D eigenvalue weighted by atomic mass is 10.1. The molecule has 0 aromatic carbocycles. The van der Waals surface area contributed by atoms with E-state index in [1.165, 1.54) is 0 Å². The van der Waals surface area contributed by atoms with Crippen LogP contribution in [0.15, 0.2) is 24.8 Å². The van der Waals surface area contributed by atoms with E-state index < -0.39 is 17.7 Å². The van der Waals surface area contributed by atoms with E-state index in [0.717, 1.165) is 0 Å². The van der Waals surface area contributed by atoms with Gasteiger partial charge in [0.1, 0.15) is 5.60 Å². The largest absolute Gasteiger partial charge is 0.444 e. The lowest BCUT2D eigenvalue weighted by molar-refractivity contribution is 0.0494. The van der Waals surface area contributed by atoms with Crippen LogP contribution in [-0.2, 0) is 4.74 Å². The highest BCUT2D eigenvalue weighted by atomic mass is 16.6. The highest BCUT2D eigenvalue weighted by Crippen LogP contribution is 2.09. The van der Waals surface area contributed by atoms with Gasteiger partial charge in [-0.15, -0.1) is 6.58 Å². The lowest BCUT2D eigenvalue weighted by Crippen LogP contribution is -2.41. The number of allylic oxidation sites excluding steroid dienone is 1. The molecule has 0 aliphatic heterocycles. The van der Waals surface area contributed by atoms with Gasteiger partial charge in [0.2, 0.25) is 0 Å². The van der Waals surface area contributed by atoms with Gasteiger partial charge in [0.15, 0.2) is 0 Å². The van der Waals surface area contributed by atoms with Gasteiger partial charge in [-0.25, -0.2) is 4.79 Å². The average Bonchev–Trinajstić information content (AvgIpc) is 2.11. The molecule has 92 valence electrons. The Morgan fingerprint density at radius 3 is 2.50 bits per heavy atom.